The third-order valence-corrected chi connectivity index (χ3v) is 3.47. The van der Waals surface area contributed by atoms with Crippen LogP contribution in [0.5, 0.6) is 0 Å². The summed E-state index contributed by atoms with van der Waals surface area (Å²) in [5.74, 6) is -5.27. The normalized spacial score (nSPS) is 42.2. The Kier molecular flexibility index (Phi) is 5.23. The van der Waals surface area contributed by atoms with E-state index in [9.17, 15) is 9.90 Å². The van der Waals surface area contributed by atoms with Gasteiger partial charge in [0.15, 0.2) is 11.6 Å². The molecule has 0 amide bonds. The number of ether oxygens (including phenoxy) is 5. The Balaban J connectivity index is 0.00000110. The number of carbonyl (C=O) groups excluding carboxylic acids is 1. The van der Waals surface area contributed by atoms with Gasteiger partial charge in [-0.3, -0.25) is 0 Å². The Labute approximate surface area is 144 Å². The molecule has 3 heterocycles. The number of rotatable bonds is 1. The van der Waals surface area contributed by atoms with E-state index in [1.165, 1.54) is 0 Å². The van der Waals surface area contributed by atoms with Gasteiger partial charge in [-0.1, -0.05) is 0 Å². The second-order valence-corrected chi connectivity index (χ2v) is 5.94. The number of carboxylic acids is 1. The van der Waals surface area contributed by atoms with Crippen LogP contribution in [0, 0.1) is 0 Å². The third-order valence-electron chi connectivity index (χ3n) is 3.47. The van der Waals surface area contributed by atoms with E-state index < -0.39 is 41.6 Å². The summed E-state index contributed by atoms with van der Waals surface area (Å²) < 4.78 is 27.8. The zero-order valence-corrected chi connectivity index (χ0v) is 14.8. The molecule has 3 fully saturated rings. The number of carboxylic acid groups (broad SMARTS) is 1. The summed E-state index contributed by atoms with van der Waals surface area (Å²) in [6, 6.07) is 0. The minimum absolute atomic E-state index is 0. The van der Waals surface area contributed by atoms with Gasteiger partial charge in [0.2, 0.25) is 5.79 Å². The van der Waals surface area contributed by atoms with Crippen LogP contribution in [0.1, 0.15) is 27.7 Å². The van der Waals surface area contributed by atoms with Gasteiger partial charge in [0.1, 0.15) is 24.3 Å². The second kappa shape index (κ2) is 5.70. The quantitative estimate of drug-likeness (QED) is 0.446. The molecule has 21 heavy (non-hydrogen) atoms. The van der Waals surface area contributed by atoms with Crippen LogP contribution in [0.25, 0.3) is 0 Å². The zero-order valence-electron chi connectivity index (χ0n) is 12.8. The number of hydrogen-bond donors (Lipinski definition) is 0. The van der Waals surface area contributed by atoms with Crippen molar-refractivity contribution in [2.45, 2.75) is 63.4 Å². The van der Waals surface area contributed by atoms with Crippen molar-refractivity contribution in [2.75, 3.05) is 6.61 Å². The topological polar surface area (TPSA) is 118 Å². The molecule has 0 radical (unpaired) electrons. The van der Waals surface area contributed by atoms with Gasteiger partial charge in [0.05, 0.1) is 6.61 Å². The van der Waals surface area contributed by atoms with E-state index in [1.54, 1.807) is 27.7 Å². The minimum Gasteiger partial charge on any atom is -0.544 e. The molecule has 0 bridgehead atoms. The van der Waals surface area contributed by atoms with Crippen molar-refractivity contribution in [1.82, 2.24) is 0 Å². The minimum atomic E-state index is -1.93. The van der Waals surface area contributed by atoms with Gasteiger partial charge in [-0.2, -0.15) is 0 Å². The van der Waals surface area contributed by atoms with E-state index in [2.05, 4.69) is 0 Å². The standard InChI is InChI=1S/C12H18O7.Na.H2O/c1-10(2)15-5-6-7(17-10)8-12(16-6,9(13)14)19-11(3,4)18-8;;/h6-8H,5H2,1-4H3,(H,13,14);;1H2/q;+1;/p-1/t6-,7+,8-,12+;;/m0../s1. The van der Waals surface area contributed by atoms with Crippen molar-refractivity contribution < 1.29 is 68.6 Å². The second-order valence-electron chi connectivity index (χ2n) is 5.94. The van der Waals surface area contributed by atoms with Crippen LogP contribution in [-0.2, 0) is 28.5 Å². The van der Waals surface area contributed by atoms with E-state index in [-0.39, 0.29) is 41.6 Å². The summed E-state index contributed by atoms with van der Waals surface area (Å²) in [6.07, 6.45) is -1.99. The predicted molar refractivity (Wildman–Crippen MR) is 61.2 cm³/mol. The first kappa shape index (κ1) is 19.3. The summed E-state index contributed by atoms with van der Waals surface area (Å²) in [6.45, 7) is 6.97. The summed E-state index contributed by atoms with van der Waals surface area (Å²) >= 11 is 0. The fourth-order valence-electron chi connectivity index (χ4n) is 2.81. The molecule has 0 spiro atoms. The molecule has 9 heteroatoms. The van der Waals surface area contributed by atoms with Gasteiger partial charge >= 0.3 is 29.6 Å². The number of carbonyl (C=O) groups is 1. The fraction of sp³-hybridized carbons (Fsp3) is 0.917. The zero-order chi connectivity index (χ0) is 14.1. The van der Waals surface area contributed by atoms with Gasteiger partial charge in [-0.05, 0) is 27.7 Å². The van der Waals surface area contributed by atoms with E-state index in [1.807, 2.05) is 0 Å². The molecule has 3 rings (SSSR count). The van der Waals surface area contributed by atoms with Gasteiger partial charge < -0.3 is 39.1 Å². The van der Waals surface area contributed by atoms with Crippen molar-refractivity contribution in [3.63, 3.8) is 0 Å². The number of fused-ring (bicyclic) bond motifs is 3. The van der Waals surface area contributed by atoms with Crippen LogP contribution >= 0.6 is 0 Å². The van der Waals surface area contributed by atoms with Crippen LogP contribution in [0.3, 0.4) is 0 Å². The first-order chi connectivity index (χ1) is 8.65. The molecule has 0 aliphatic carbocycles. The van der Waals surface area contributed by atoms with Gasteiger partial charge in [0.25, 0.3) is 0 Å². The van der Waals surface area contributed by atoms with E-state index in [4.69, 9.17) is 23.7 Å². The predicted octanol–water partition coefficient (Wildman–Crippen LogP) is -4.69. The largest absolute Gasteiger partial charge is 1.00 e. The average molecular weight is 314 g/mol. The first-order valence-electron chi connectivity index (χ1n) is 6.24. The number of hydrogen-bond acceptors (Lipinski definition) is 7. The Morgan fingerprint density at radius 2 is 1.71 bits per heavy atom. The summed E-state index contributed by atoms with van der Waals surface area (Å²) in [7, 11) is 0. The van der Waals surface area contributed by atoms with Crippen molar-refractivity contribution >= 4 is 5.97 Å². The van der Waals surface area contributed by atoms with Crippen LogP contribution in [0.2, 0.25) is 0 Å². The molecule has 0 saturated carbocycles. The molecule has 116 valence electrons. The Bertz CT molecular complexity index is 425. The van der Waals surface area contributed by atoms with Crippen LogP contribution < -0.4 is 34.7 Å². The van der Waals surface area contributed by atoms with Crippen LogP contribution in [0.4, 0.5) is 0 Å². The Hall–Kier alpha value is 0.230. The molecule has 0 aromatic rings. The van der Waals surface area contributed by atoms with Crippen molar-refractivity contribution in [3.05, 3.63) is 0 Å². The SMILES string of the molecule is CC1(C)OC[C@@H]2O[C@@]3(C(=O)[O-])OC(C)(C)O[C@H]3[C@@H]2O1.O.[Na+]. The van der Waals surface area contributed by atoms with Gasteiger partial charge in [-0.25, -0.2) is 0 Å². The maximum atomic E-state index is 11.5. The molecule has 3 saturated heterocycles. The third kappa shape index (κ3) is 3.01. The smallest absolute Gasteiger partial charge is 0.544 e. The molecule has 4 atom stereocenters. The summed E-state index contributed by atoms with van der Waals surface area (Å²) in [4.78, 5) is 11.5. The maximum absolute atomic E-state index is 11.5. The van der Waals surface area contributed by atoms with E-state index in [0.29, 0.717) is 0 Å². The van der Waals surface area contributed by atoms with Crippen LogP contribution in [0.15, 0.2) is 0 Å². The first-order valence-corrected chi connectivity index (χ1v) is 6.24. The molecule has 8 nitrogen and oxygen atoms in total. The monoisotopic (exact) mass is 314 g/mol. The maximum Gasteiger partial charge on any atom is 1.00 e. The van der Waals surface area contributed by atoms with Crippen LogP contribution in [-0.4, -0.2) is 53.7 Å². The molecular weight excluding hydrogens is 295 g/mol. The van der Waals surface area contributed by atoms with Crippen molar-refractivity contribution in [2.24, 2.45) is 0 Å². The summed E-state index contributed by atoms with van der Waals surface area (Å²) in [5, 5.41) is 11.5. The van der Waals surface area contributed by atoms with E-state index in [0.717, 1.165) is 0 Å². The summed E-state index contributed by atoms with van der Waals surface area (Å²) in [5.41, 5.74) is 0. The number of aliphatic carboxylic acids is 1. The van der Waals surface area contributed by atoms with Gasteiger partial charge in [0, 0.05) is 0 Å². The molecular formula is C12H19NaO8. The molecule has 3 aliphatic heterocycles. The van der Waals surface area contributed by atoms with Gasteiger partial charge in [-0.15, -0.1) is 0 Å². The molecule has 0 unspecified atom stereocenters. The Morgan fingerprint density at radius 1 is 1.10 bits per heavy atom. The van der Waals surface area contributed by atoms with E-state index >= 15 is 0 Å². The molecule has 0 aromatic carbocycles. The molecule has 3 aliphatic rings. The van der Waals surface area contributed by atoms with Crippen molar-refractivity contribution in [1.29, 1.82) is 0 Å². The van der Waals surface area contributed by atoms with Crippen molar-refractivity contribution in [3.8, 4) is 0 Å². The molecule has 0 aromatic heterocycles. The fourth-order valence-corrected chi connectivity index (χ4v) is 2.81. The molecule has 2 N–H and O–H groups in total. The average Bonchev–Trinajstić information content (AvgIpc) is 2.67. The Morgan fingerprint density at radius 3 is 2.29 bits per heavy atom.